The first kappa shape index (κ1) is 15.9. The molecule has 0 saturated carbocycles. The SMILES string of the molecule is COCc1c(C(=O)OC)nnn1CCC1CCCCN1C. The summed E-state index contributed by atoms with van der Waals surface area (Å²) in [7, 11) is 5.10. The zero-order chi connectivity index (χ0) is 15.2. The molecule has 21 heavy (non-hydrogen) atoms. The Bertz CT molecular complexity index is 475. The van der Waals surface area contributed by atoms with Gasteiger partial charge in [-0.1, -0.05) is 11.6 Å². The zero-order valence-corrected chi connectivity index (χ0v) is 13.0. The van der Waals surface area contributed by atoms with Crippen LogP contribution in [0.25, 0.3) is 0 Å². The van der Waals surface area contributed by atoms with Gasteiger partial charge in [-0.2, -0.15) is 0 Å². The minimum atomic E-state index is -0.469. The normalized spacial score (nSPS) is 19.7. The van der Waals surface area contributed by atoms with Crippen LogP contribution in [0.2, 0.25) is 0 Å². The molecule has 0 amide bonds. The van der Waals surface area contributed by atoms with Crippen LogP contribution in [0.15, 0.2) is 0 Å². The highest BCUT2D eigenvalue weighted by molar-refractivity contribution is 5.88. The summed E-state index contributed by atoms with van der Waals surface area (Å²) in [5, 5.41) is 8.01. The van der Waals surface area contributed by atoms with Gasteiger partial charge in [0, 0.05) is 19.7 Å². The van der Waals surface area contributed by atoms with Gasteiger partial charge in [0.15, 0.2) is 5.69 Å². The Kier molecular flexibility index (Phi) is 5.69. The van der Waals surface area contributed by atoms with Crippen LogP contribution in [0.3, 0.4) is 0 Å². The van der Waals surface area contributed by atoms with Crippen molar-refractivity contribution in [2.24, 2.45) is 0 Å². The van der Waals surface area contributed by atoms with E-state index in [9.17, 15) is 4.79 Å². The smallest absolute Gasteiger partial charge is 0.360 e. The molecule has 1 fully saturated rings. The predicted octanol–water partition coefficient (Wildman–Crippen LogP) is 1.09. The standard InChI is InChI=1S/C14H24N4O3/c1-17-8-5-4-6-11(17)7-9-18-12(10-20-2)13(15-16-18)14(19)21-3/h11H,4-10H2,1-3H3. The summed E-state index contributed by atoms with van der Waals surface area (Å²) in [5.74, 6) is -0.469. The van der Waals surface area contributed by atoms with Crippen LogP contribution < -0.4 is 0 Å². The van der Waals surface area contributed by atoms with Gasteiger partial charge >= 0.3 is 5.97 Å². The highest BCUT2D eigenvalue weighted by atomic mass is 16.5. The number of rotatable bonds is 6. The van der Waals surface area contributed by atoms with E-state index >= 15 is 0 Å². The number of nitrogens with zero attached hydrogens (tertiary/aromatic N) is 4. The number of ether oxygens (including phenoxy) is 2. The monoisotopic (exact) mass is 296 g/mol. The molecule has 2 rings (SSSR count). The van der Waals surface area contributed by atoms with E-state index in [1.54, 1.807) is 11.8 Å². The van der Waals surface area contributed by atoms with Gasteiger partial charge in [0.2, 0.25) is 0 Å². The molecule has 7 heteroatoms. The van der Waals surface area contributed by atoms with Gasteiger partial charge in [-0.25, -0.2) is 9.48 Å². The molecule has 1 aliphatic rings. The molecule has 7 nitrogen and oxygen atoms in total. The van der Waals surface area contributed by atoms with Crippen molar-refractivity contribution >= 4 is 5.97 Å². The van der Waals surface area contributed by atoms with E-state index < -0.39 is 5.97 Å². The summed E-state index contributed by atoms with van der Waals surface area (Å²) in [6.45, 7) is 2.19. The molecule has 0 radical (unpaired) electrons. The Balaban J connectivity index is 2.05. The summed E-state index contributed by atoms with van der Waals surface area (Å²) in [4.78, 5) is 14.1. The van der Waals surface area contributed by atoms with Crippen LogP contribution in [-0.4, -0.2) is 59.7 Å². The summed E-state index contributed by atoms with van der Waals surface area (Å²) in [6, 6.07) is 0.569. The molecule has 1 unspecified atom stereocenters. The van der Waals surface area contributed by atoms with Crippen molar-refractivity contribution < 1.29 is 14.3 Å². The predicted molar refractivity (Wildman–Crippen MR) is 77.0 cm³/mol. The lowest BCUT2D eigenvalue weighted by Crippen LogP contribution is -2.37. The Labute approximate surface area is 125 Å². The fourth-order valence-electron chi connectivity index (χ4n) is 2.83. The average Bonchev–Trinajstić information content (AvgIpc) is 2.89. The molecule has 0 spiro atoms. The highest BCUT2D eigenvalue weighted by Crippen LogP contribution is 2.19. The summed E-state index contributed by atoms with van der Waals surface area (Å²) in [5.41, 5.74) is 0.930. The zero-order valence-electron chi connectivity index (χ0n) is 13.0. The summed E-state index contributed by atoms with van der Waals surface area (Å²) < 4.78 is 11.6. The summed E-state index contributed by atoms with van der Waals surface area (Å²) >= 11 is 0. The minimum Gasteiger partial charge on any atom is -0.464 e. The van der Waals surface area contributed by atoms with Crippen molar-refractivity contribution in [2.75, 3.05) is 27.8 Å². The van der Waals surface area contributed by atoms with Crippen molar-refractivity contribution in [2.45, 2.75) is 44.9 Å². The fourth-order valence-corrected chi connectivity index (χ4v) is 2.83. The Morgan fingerprint density at radius 3 is 2.86 bits per heavy atom. The molecule has 1 saturated heterocycles. The molecule has 118 valence electrons. The molecule has 1 aromatic heterocycles. The first-order chi connectivity index (χ1) is 10.2. The molecule has 0 N–H and O–H groups in total. The number of esters is 1. The van der Waals surface area contributed by atoms with Crippen molar-refractivity contribution in [3.05, 3.63) is 11.4 Å². The number of piperidine rings is 1. The summed E-state index contributed by atoms with van der Waals surface area (Å²) in [6.07, 6.45) is 4.77. The van der Waals surface area contributed by atoms with Gasteiger partial charge in [-0.05, 0) is 32.9 Å². The lowest BCUT2D eigenvalue weighted by Gasteiger charge is -2.32. The van der Waals surface area contributed by atoms with Crippen LogP contribution in [-0.2, 0) is 22.6 Å². The molecule has 0 bridgehead atoms. The van der Waals surface area contributed by atoms with Crippen LogP contribution >= 0.6 is 0 Å². The molecule has 0 aliphatic carbocycles. The third kappa shape index (κ3) is 3.79. The van der Waals surface area contributed by atoms with Crippen molar-refractivity contribution in [1.29, 1.82) is 0 Å². The van der Waals surface area contributed by atoms with Crippen LogP contribution in [0.4, 0.5) is 0 Å². The van der Waals surface area contributed by atoms with Crippen molar-refractivity contribution in [1.82, 2.24) is 19.9 Å². The minimum absolute atomic E-state index is 0.247. The van der Waals surface area contributed by atoms with Gasteiger partial charge in [-0.3, -0.25) is 0 Å². The number of carbonyl (C=O) groups is 1. The molecule has 1 atom stereocenters. The van der Waals surface area contributed by atoms with E-state index in [1.807, 2.05) is 0 Å². The van der Waals surface area contributed by atoms with E-state index in [1.165, 1.54) is 26.4 Å². The maximum atomic E-state index is 11.7. The number of aromatic nitrogens is 3. The van der Waals surface area contributed by atoms with Crippen LogP contribution in [0, 0.1) is 0 Å². The lowest BCUT2D eigenvalue weighted by atomic mass is 10.0. The van der Waals surface area contributed by atoms with E-state index in [-0.39, 0.29) is 5.69 Å². The Morgan fingerprint density at radius 2 is 2.19 bits per heavy atom. The number of hydrogen-bond donors (Lipinski definition) is 0. The number of likely N-dealkylation sites (tertiary alicyclic amines) is 1. The second kappa shape index (κ2) is 7.51. The molecular weight excluding hydrogens is 272 g/mol. The molecule has 2 heterocycles. The van der Waals surface area contributed by atoms with Gasteiger partial charge < -0.3 is 14.4 Å². The van der Waals surface area contributed by atoms with Gasteiger partial charge in [0.1, 0.15) is 0 Å². The molecular formula is C14H24N4O3. The highest BCUT2D eigenvalue weighted by Gasteiger charge is 2.22. The number of hydrogen-bond acceptors (Lipinski definition) is 6. The van der Waals surface area contributed by atoms with Crippen LogP contribution in [0.1, 0.15) is 41.9 Å². The number of aryl methyl sites for hydroxylation is 1. The molecule has 1 aliphatic heterocycles. The largest absolute Gasteiger partial charge is 0.464 e. The molecule has 1 aromatic rings. The third-order valence-corrected chi connectivity index (χ3v) is 4.09. The van der Waals surface area contributed by atoms with E-state index in [0.29, 0.717) is 18.3 Å². The number of carbonyl (C=O) groups excluding carboxylic acids is 1. The van der Waals surface area contributed by atoms with Crippen molar-refractivity contribution in [3.8, 4) is 0 Å². The second-order valence-electron chi connectivity index (χ2n) is 5.45. The van der Waals surface area contributed by atoms with E-state index in [4.69, 9.17) is 9.47 Å². The maximum absolute atomic E-state index is 11.7. The first-order valence-corrected chi connectivity index (χ1v) is 7.37. The third-order valence-electron chi connectivity index (χ3n) is 4.09. The molecule has 0 aromatic carbocycles. The van der Waals surface area contributed by atoms with Gasteiger partial charge in [0.05, 0.1) is 19.4 Å². The fraction of sp³-hybridized carbons (Fsp3) is 0.786. The second-order valence-corrected chi connectivity index (χ2v) is 5.45. The van der Waals surface area contributed by atoms with Gasteiger partial charge in [-0.15, -0.1) is 5.10 Å². The topological polar surface area (TPSA) is 69.5 Å². The Hall–Kier alpha value is -1.47. The lowest BCUT2D eigenvalue weighted by molar-refractivity contribution is 0.0588. The first-order valence-electron chi connectivity index (χ1n) is 7.37. The van der Waals surface area contributed by atoms with Crippen molar-refractivity contribution in [3.63, 3.8) is 0 Å². The van der Waals surface area contributed by atoms with E-state index in [0.717, 1.165) is 19.5 Å². The quantitative estimate of drug-likeness (QED) is 0.732. The maximum Gasteiger partial charge on any atom is 0.360 e. The average molecular weight is 296 g/mol. The van der Waals surface area contributed by atoms with Crippen LogP contribution in [0.5, 0.6) is 0 Å². The van der Waals surface area contributed by atoms with Gasteiger partial charge in [0.25, 0.3) is 0 Å². The Morgan fingerprint density at radius 1 is 1.38 bits per heavy atom. The number of methoxy groups -OCH3 is 2. The van der Waals surface area contributed by atoms with E-state index in [2.05, 4.69) is 22.3 Å².